The zero-order valence-electron chi connectivity index (χ0n) is 14.6. The molecule has 0 unspecified atom stereocenters. The highest BCUT2D eigenvalue weighted by molar-refractivity contribution is 5.94. The second-order valence-corrected chi connectivity index (χ2v) is 6.74. The van der Waals surface area contributed by atoms with E-state index in [4.69, 9.17) is 10.5 Å². The summed E-state index contributed by atoms with van der Waals surface area (Å²) in [4.78, 5) is 12.4. The molecule has 1 fully saturated rings. The van der Waals surface area contributed by atoms with E-state index in [-0.39, 0.29) is 23.7 Å². The maximum absolute atomic E-state index is 12.8. The van der Waals surface area contributed by atoms with Crippen molar-refractivity contribution in [3.05, 3.63) is 59.7 Å². The summed E-state index contributed by atoms with van der Waals surface area (Å²) in [6.45, 7) is 0. The van der Waals surface area contributed by atoms with Gasteiger partial charge in [0.25, 0.3) is 5.91 Å². The van der Waals surface area contributed by atoms with Crippen molar-refractivity contribution in [2.45, 2.75) is 43.9 Å². The number of rotatable bonds is 4. The molecule has 0 heterocycles. The highest BCUT2D eigenvalue weighted by Gasteiger charge is 2.30. The first-order valence-electron chi connectivity index (χ1n) is 8.83. The van der Waals surface area contributed by atoms with Crippen LogP contribution in [0.1, 0.15) is 41.6 Å². The molecular weight excluding hydrogens is 357 g/mol. The smallest absolute Gasteiger partial charge is 0.416 e. The molecule has 0 radical (unpaired) electrons. The van der Waals surface area contributed by atoms with E-state index in [1.54, 1.807) is 18.2 Å². The lowest BCUT2D eigenvalue weighted by Crippen LogP contribution is -2.40. The molecule has 2 aromatic carbocycles. The number of nitrogens with one attached hydrogen (secondary N) is 1. The first-order chi connectivity index (χ1) is 12.8. The van der Waals surface area contributed by atoms with Crippen LogP contribution in [0.25, 0.3) is 0 Å². The Balaban J connectivity index is 1.68. The van der Waals surface area contributed by atoms with Gasteiger partial charge < -0.3 is 15.8 Å². The molecule has 0 aliphatic heterocycles. The second kappa shape index (κ2) is 8.00. The van der Waals surface area contributed by atoms with Crippen LogP contribution in [0.2, 0.25) is 0 Å². The van der Waals surface area contributed by atoms with Gasteiger partial charge in [-0.15, -0.1) is 0 Å². The third-order valence-corrected chi connectivity index (χ3v) is 4.60. The van der Waals surface area contributed by atoms with E-state index < -0.39 is 11.7 Å². The van der Waals surface area contributed by atoms with Crippen LogP contribution in [0, 0.1) is 0 Å². The molecule has 7 heteroatoms. The molecule has 4 nitrogen and oxygen atoms in total. The largest absolute Gasteiger partial charge is 0.457 e. The van der Waals surface area contributed by atoms with Crippen molar-refractivity contribution in [1.82, 2.24) is 5.32 Å². The Labute approximate surface area is 155 Å². The number of hydrogen-bond acceptors (Lipinski definition) is 3. The zero-order valence-corrected chi connectivity index (χ0v) is 14.6. The number of carbonyl (C=O) groups excluding carboxylic acids is 1. The van der Waals surface area contributed by atoms with Crippen LogP contribution in [0.3, 0.4) is 0 Å². The van der Waals surface area contributed by atoms with Crippen LogP contribution in [-0.2, 0) is 6.18 Å². The van der Waals surface area contributed by atoms with Gasteiger partial charge in [0, 0.05) is 17.6 Å². The molecule has 0 aromatic heterocycles. The fourth-order valence-electron chi connectivity index (χ4n) is 3.11. The van der Waals surface area contributed by atoms with Crippen molar-refractivity contribution in [3.8, 4) is 11.5 Å². The highest BCUT2D eigenvalue weighted by Crippen LogP contribution is 2.32. The molecule has 1 aliphatic carbocycles. The molecule has 1 saturated carbocycles. The van der Waals surface area contributed by atoms with Crippen molar-refractivity contribution in [3.63, 3.8) is 0 Å². The maximum atomic E-state index is 12.8. The number of carbonyl (C=O) groups is 1. The molecule has 0 bridgehead atoms. The first-order valence-corrected chi connectivity index (χ1v) is 8.83. The third-order valence-electron chi connectivity index (χ3n) is 4.60. The van der Waals surface area contributed by atoms with E-state index in [1.165, 1.54) is 18.2 Å². The molecule has 27 heavy (non-hydrogen) atoms. The van der Waals surface area contributed by atoms with E-state index in [0.717, 1.165) is 37.8 Å². The molecule has 3 N–H and O–H groups in total. The molecule has 1 amide bonds. The predicted octanol–water partition coefficient (Wildman–Crippen LogP) is 4.50. The van der Waals surface area contributed by atoms with Crippen molar-refractivity contribution < 1.29 is 22.7 Å². The average molecular weight is 378 g/mol. The Morgan fingerprint density at radius 1 is 1.00 bits per heavy atom. The number of alkyl halides is 3. The van der Waals surface area contributed by atoms with Crippen molar-refractivity contribution in [2.75, 3.05) is 0 Å². The lowest BCUT2D eigenvalue weighted by molar-refractivity contribution is -0.137. The average Bonchev–Trinajstić information content (AvgIpc) is 2.63. The summed E-state index contributed by atoms with van der Waals surface area (Å²) >= 11 is 0. The molecule has 0 spiro atoms. The summed E-state index contributed by atoms with van der Waals surface area (Å²) in [7, 11) is 0. The van der Waals surface area contributed by atoms with Gasteiger partial charge in [0.2, 0.25) is 0 Å². The summed E-state index contributed by atoms with van der Waals surface area (Å²) in [6, 6.07) is 11.3. The normalized spacial score (nSPS) is 20.1. The van der Waals surface area contributed by atoms with Gasteiger partial charge in [-0.25, -0.2) is 0 Å². The molecule has 144 valence electrons. The van der Waals surface area contributed by atoms with Gasteiger partial charge in [0.15, 0.2) is 0 Å². The quantitative estimate of drug-likeness (QED) is 0.824. The Hall–Kier alpha value is -2.54. The summed E-state index contributed by atoms with van der Waals surface area (Å²) < 4.78 is 43.9. The highest BCUT2D eigenvalue weighted by atomic mass is 19.4. The number of ether oxygens (including phenoxy) is 1. The Kier molecular flexibility index (Phi) is 5.70. The minimum atomic E-state index is -4.44. The summed E-state index contributed by atoms with van der Waals surface area (Å²) in [5.74, 6) is 0.126. The summed E-state index contributed by atoms with van der Waals surface area (Å²) in [6.07, 6.45) is -1.00. The Morgan fingerprint density at radius 3 is 2.30 bits per heavy atom. The lowest BCUT2D eigenvalue weighted by atomic mass is 9.91. The van der Waals surface area contributed by atoms with E-state index in [0.29, 0.717) is 11.3 Å². The van der Waals surface area contributed by atoms with Crippen molar-refractivity contribution in [1.29, 1.82) is 0 Å². The molecule has 3 rings (SSSR count). The standard InChI is InChI=1S/C20H21F3N2O2/c21-20(22,23)14-4-2-6-18(12-14)27-17-5-1-3-13(11-17)19(26)25-16-9-7-15(24)8-10-16/h1-6,11-12,15-16H,7-10,24H2,(H,25,26). The van der Waals surface area contributed by atoms with E-state index in [2.05, 4.69) is 5.32 Å². The molecule has 0 atom stereocenters. The summed E-state index contributed by atoms with van der Waals surface area (Å²) in [5, 5.41) is 2.98. The number of hydrogen-bond donors (Lipinski definition) is 2. The van der Waals surface area contributed by atoms with E-state index >= 15 is 0 Å². The Bertz CT molecular complexity index is 800. The van der Waals surface area contributed by atoms with Gasteiger partial charge in [0.05, 0.1) is 5.56 Å². The minimum Gasteiger partial charge on any atom is -0.457 e. The van der Waals surface area contributed by atoms with Gasteiger partial charge in [-0.3, -0.25) is 4.79 Å². The number of benzene rings is 2. The Morgan fingerprint density at radius 2 is 1.63 bits per heavy atom. The van der Waals surface area contributed by atoms with Gasteiger partial charge in [-0.1, -0.05) is 12.1 Å². The fourth-order valence-corrected chi connectivity index (χ4v) is 3.11. The van der Waals surface area contributed by atoms with E-state index in [9.17, 15) is 18.0 Å². The molecular formula is C20H21F3N2O2. The lowest BCUT2D eigenvalue weighted by Gasteiger charge is -2.26. The van der Waals surface area contributed by atoms with Crippen LogP contribution in [-0.4, -0.2) is 18.0 Å². The molecule has 2 aromatic rings. The van der Waals surface area contributed by atoms with E-state index in [1.807, 2.05) is 0 Å². The van der Waals surface area contributed by atoms with Crippen LogP contribution < -0.4 is 15.8 Å². The fraction of sp³-hybridized carbons (Fsp3) is 0.350. The monoisotopic (exact) mass is 378 g/mol. The third kappa shape index (κ3) is 5.23. The summed E-state index contributed by atoms with van der Waals surface area (Å²) in [5.41, 5.74) is 5.48. The first kappa shape index (κ1) is 19.2. The van der Waals surface area contributed by atoms with Crippen molar-refractivity contribution >= 4 is 5.91 Å². The maximum Gasteiger partial charge on any atom is 0.416 e. The van der Waals surface area contributed by atoms with Crippen LogP contribution in [0.15, 0.2) is 48.5 Å². The topological polar surface area (TPSA) is 64.3 Å². The molecule has 1 aliphatic rings. The van der Waals surface area contributed by atoms with Crippen LogP contribution >= 0.6 is 0 Å². The number of nitrogens with two attached hydrogens (primary N) is 1. The van der Waals surface area contributed by atoms with Gasteiger partial charge in [0.1, 0.15) is 11.5 Å². The van der Waals surface area contributed by atoms with Crippen molar-refractivity contribution in [2.24, 2.45) is 5.73 Å². The number of halogens is 3. The van der Waals surface area contributed by atoms with Crippen LogP contribution in [0.4, 0.5) is 13.2 Å². The minimum absolute atomic E-state index is 0.0589. The molecule has 0 saturated heterocycles. The van der Waals surface area contributed by atoms with Gasteiger partial charge >= 0.3 is 6.18 Å². The van der Waals surface area contributed by atoms with Gasteiger partial charge in [-0.05, 0) is 62.1 Å². The van der Waals surface area contributed by atoms with Crippen LogP contribution in [0.5, 0.6) is 11.5 Å². The predicted molar refractivity (Wildman–Crippen MR) is 95.7 cm³/mol. The second-order valence-electron chi connectivity index (χ2n) is 6.74. The zero-order chi connectivity index (χ0) is 19.4. The van der Waals surface area contributed by atoms with Gasteiger partial charge in [-0.2, -0.15) is 13.2 Å². The SMILES string of the molecule is NC1CCC(NC(=O)c2cccc(Oc3cccc(C(F)(F)F)c3)c2)CC1. The number of amides is 1.